The van der Waals surface area contributed by atoms with E-state index < -0.39 is 5.60 Å². The summed E-state index contributed by atoms with van der Waals surface area (Å²) >= 11 is 1.68. The molecule has 1 aliphatic rings. The number of nitrogens with zero attached hydrogens (tertiary/aromatic N) is 4. The fourth-order valence-electron chi connectivity index (χ4n) is 3.67. The maximum Gasteiger partial charge on any atom is 0.410 e. The van der Waals surface area contributed by atoms with Crippen molar-refractivity contribution < 1.29 is 9.53 Å². The number of fused-ring (bicyclic) bond motifs is 1. The molecular weight excluding hydrogens is 386 g/mol. The van der Waals surface area contributed by atoms with Crippen molar-refractivity contribution in [1.82, 2.24) is 19.3 Å². The molecule has 3 aromatic heterocycles. The third kappa shape index (κ3) is 4.07. The van der Waals surface area contributed by atoms with Gasteiger partial charge in [0.2, 0.25) is 0 Å². The van der Waals surface area contributed by atoms with Crippen molar-refractivity contribution in [2.45, 2.75) is 52.1 Å². The molecule has 1 atom stereocenters. The molecular formula is C21H27N5O2S. The minimum absolute atomic E-state index is 0.147. The Bertz CT molecular complexity index is 1050. The molecule has 4 heterocycles. The molecule has 0 radical (unpaired) electrons. The van der Waals surface area contributed by atoms with Crippen molar-refractivity contribution in [1.29, 1.82) is 0 Å². The number of imidazole rings is 1. The number of likely N-dealkylation sites (tertiary alicyclic amines) is 1. The van der Waals surface area contributed by atoms with Crippen LogP contribution in [0.4, 0.5) is 10.6 Å². The van der Waals surface area contributed by atoms with Crippen molar-refractivity contribution in [3.8, 4) is 10.6 Å². The smallest absolute Gasteiger partial charge is 0.410 e. The Morgan fingerprint density at radius 1 is 1.38 bits per heavy atom. The van der Waals surface area contributed by atoms with E-state index in [1.807, 2.05) is 31.4 Å². The molecule has 0 saturated carbocycles. The second-order valence-electron chi connectivity index (χ2n) is 8.64. The lowest BCUT2D eigenvalue weighted by Gasteiger charge is -2.33. The van der Waals surface area contributed by atoms with Crippen LogP contribution in [0.5, 0.6) is 0 Å². The van der Waals surface area contributed by atoms with Crippen LogP contribution in [0.1, 0.15) is 50.8 Å². The number of carbonyl (C=O) groups excluding carboxylic acids is 1. The van der Waals surface area contributed by atoms with Crippen molar-refractivity contribution in [2.24, 2.45) is 0 Å². The van der Waals surface area contributed by atoms with Crippen molar-refractivity contribution in [2.75, 3.05) is 18.8 Å². The van der Waals surface area contributed by atoms with Gasteiger partial charge in [0.1, 0.15) is 5.60 Å². The predicted octanol–water partition coefficient (Wildman–Crippen LogP) is 4.46. The van der Waals surface area contributed by atoms with Gasteiger partial charge in [0, 0.05) is 25.2 Å². The molecule has 8 heteroatoms. The molecule has 1 saturated heterocycles. The molecule has 0 aliphatic carbocycles. The average Bonchev–Trinajstić information content (AvgIpc) is 3.28. The van der Waals surface area contributed by atoms with E-state index >= 15 is 0 Å². The molecule has 0 spiro atoms. The van der Waals surface area contributed by atoms with Gasteiger partial charge in [0.05, 0.1) is 22.5 Å². The molecule has 1 unspecified atom stereocenters. The first-order chi connectivity index (χ1) is 13.7. The van der Waals surface area contributed by atoms with Gasteiger partial charge in [0.25, 0.3) is 0 Å². The standard InChI is InChI=1S/C21H27N5O2S/c1-13-8-17(29-12-13)16-9-23-18(22)19-24-15(11-26(16)19)14-6-5-7-25(10-14)20(27)28-21(2,3)4/h8-9,11-12,14H,5-7,10H2,1-4H3,(H2,22,23). The molecule has 4 rings (SSSR count). The zero-order valence-electron chi connectivity index (χ0n) is 17.3. The van der Waals surface area contributed by atoms with E-state index in [2.05, 4.69) is 23.4 Å². The number of carbonyl (C=O) groups is 1. The van der Waals surface area contributed by atoms with Crippen LogP contribution < -0.4 is 5.73 Å². The Balaban J connectivity index is 1.64. The van der Waals surface area contributed by atoms with Crippen LogP contribution in [0, 0.1) is 6.92 Å². The van der Waals surface area contributed by atoms with Crippen LogP contribution in [0.3, 0.4) is 0 Å². The first kappa shape index (κ1) is 19.7. The molecule has 0 bridgehead atoms. The van der Waals surface area contributed by atoms with E-state index in [1.54, 1.807) is 22.4 Å². The molecule has 1 fully saturated rings. The lowest BCUT2D eigenvalue weighted by Crippen LogP contribution is -2.42. The van der Waals surface area contributed by atoms with Crippen LogP contribution in [0.25, 0.3) is 16.2 Å². The summed E-state index contributed by atoms with van der Waals surface area (Å²) in [7, 11) is 0. The lowest BCUT2D eigenvalue weighted by atomic mass is 9.95. The number of ether oxygens (including phenoxy) is 1. The van der Waals surface area contributed by atoms with Gasteiger partial charge in [-0.1, -0.05) is 0 Å². The highest BCUT2D eigenvalue weighted by molar-refractivity contribution is 7.13. The fourth-order valence-corrected chi connectivity index (χ4v) is 4.58. The van der Waals surface area contributed by atoms with Crippen LogP contribution in [0.15, 0.2) is 23.8 Å². The zero-order valence-corrected chi connectivity index (χ0v) is 18.1. The summed E-state index contributed by atoms with van der Waals surface area (Å²) in [6.45, 7) is 9.05. The largest absolute Gasteiger partial charge is 0.444 e. The number of anilines is 1. The van der Waals surface area contributed by atoms with Gasteiger partial charge in [0.15, 0.2) is 11.5 Å². The number of nitrogen functional groups attached to an aromatic ring is 1. The Morgan fingerprint density at radius 2 is 2.17 bits per heavy atom. The quantitative estimate of drug-likeness (QED) is 0.670. The molecule has 3 aromatic rings. The zero-order chi connectivity index (χ0) is 20.8. The lowest BCUT2D eigenvalue weighted by molar-refractivity contribution is 0.0197. The summed E-state index contributed by atoms with van der Waals surface area (Å²) < 4.78 is 7.57. The van der Waals surface area contributed by atoms with E-state index in [0.29, 0.717) is 24.6 Å². The first-order valence-electron chi connectivity index (χ1n) is 9.88. The number of aromatic nitrogens is 3. The van der Waals surface area contributed by atoms with Gasteiger partial charge in [-0.2, -0.15) is 0 Å². The summed E-state index contributed by atoms with van der Waals surface area (Å²) in [5.74, 6) is 0.557. The van der Waals surface area contributed by atoms with E-state index in [4.69, 9.17) is 15.5 Å². The number of thiophene rings is 1. The topological polar surface area (TPSA) is 85.8 Å². The number of hydrogen-bond acceptors (Lipinski definition) is 6. The minimum Gasteiger partial charge on any atom is -0.444 e. The molecule has 7 nitrogen and oxygen atoms in total. The Labute approximate surface area is 174 Å². The molecule has 29 heavy (non-hydrogen) atoms. The predicted molar refractivity (Wildman–Crippen MR) is 115 cm³/mol. The number of rotatable bonds is 2. The van der Waals surface area contributed by atoms with Crippen LogP contribution in [-0.2, 0) is 4.74 Å². The minimum atomic E-state index is -0.499. The number of hydrogen-bond donors (Lipinski definition) is 1. The number of amides is 1. The molecule has 2 N–H and O–H groups in total. The number of aryl methyl sites for hydroxylation is 1. The van der Waals surface area contributed by atoms with E-state index in [9.17, 15) is 4.79 Å². The first-order valence-corrected chi connectivity index (χ1v) is 10.8. The molecule has 154 valence electrons. The second-order valence-corrected chi connectivity index (χ2v) is 9.55. The van der Waals surface area contributed by atoms with E-state index in [1.165, 1.54) is 5.56 Å². The van der Waals surface area contributed by atoms with Gasteiger partial charge in [-0.05, 0) is 57.5 Å². The second kappa shape index (κ2) is 7.33. The molecule has 1 aliphatic heterocycles. The monoisotopic (exact) mass is 413 g/mol. The van der Waals surface area contributed by atoms with Gasteiger partial charge in [-0.15, -0.1) is 11.3 Å². The van der Waals surface area contributed by atoms with Gasteiger partial charge < -0.3 is 15.4 Å². The third-order valence-electron chi connectivity index (χ3n) is 5.01. The van der Waals surface area contributed by atoms with Gasteiger partial charge in [-0.3, -0.25) is 4.40 Å². The summed E-state index contributed by atoms with van der Waals surface area (Å²) in [5, 5.41) is 2.12. The van der Waals surface area contributed by atoms with Crippen molar-refractivity contribution in [3.05, 3.63) is 35.1 Å². The Kier molecular flexibility index (Phi) is 4.98. The Morgan fingerprint density at radius 3 is 2.86 bits per heavy atom. The Hall–Kier alpha value is -2.61. The SMILES string of the molecule is Cc1csc(-c2cnc(N)c3nc(C4CCCN(C(=O)OC(C)(C)C)C4)cn23)c1. The summed E-state index contributed by atoms with van der Waals surface area (Å²) in [5.41, 5.74) is 9.42. The van der Waals surface area contributed by atoms with Gasteiger partial charge >= 0.3 is 6.09 Å². The van der Waals surface area contributed by atoms with E-state index in [-0.39, 0.29) is 12.0 Å². The third-order valence-corrected chi connectivity index (χ3v) is 6.08. The average molecular weight is 414 g/mol. The number of nitrogens with two attached hydrogens (primary N) is 1. The normalized spacial score (nSPS) is 17.7. The van der Waals surface area contributed by atoms with Crippen LogP contribution in [0.2, 0.25) is 0 Å². The molecule has 0 aromatic carbocycles. The van der Waals surface area contributed by atoms with Crippen molar-refractivity contribution >= 4 is 28.9 Å². The highest BCUT2D eigenvalue weighted by Gasteiger charge is 2.30. The summed E-state index contributed by atoms with van der Waals surface area (Å²) in [6.07, 6.45) is 5.47. The highest BCUT2D eigenvalue weighted by atomic mass is 32.1. The van der Waals surface area contributed by atoms with Crippen LogP contribution >= 0.6 is 11.3 Å². The van der Waals surface area contributed by atoms with Crippen molar-refractivity contribution in [3.63, 3.8) is 0 Å². The van der Waals surface area contributed by atoms with Gasteiger partial charge in [-0.25, -0.2) is 14.8 Å². The maximum absolute atomic E-state index is 12.5. The summed E-state index contributed by atoms with van der Waals surface area (Å²) in [4.78, 5) is 24.6. The number of piperidine rings is 1. The maximum atomic E-state index is 12.5. The van der Waals surface area contributed by atoms with E-state index in [0.717, 1.165) is 29.1 Å². The van der Waals surface area contributed by atoms with Crippen LogP contribution in [-0.4, -0.2) is 44.1 Å². The fraction of sp³-hybridized carbons (Fsp3) is 0.476. The highest BCUT2D eigenvalue weighted by Crippen LogP contribution is 2.32. The molecule has 1 amide bonds. The summed E-state index contributed by atoms with van der Waals surface area (Å²) in [6, 6.07) is 2.14.